The van der Waals surface area contributed by atoms with E-state index >= 15 is 0 Å². The van der Waals surface area contributed by atoms with Crippen LogP contribution in [-0.2, 0) is 4.79 Å². The second kappa shape index (κ2) is 4.62. The van der Waals surface area contributed by atoms with E-state index in [1.54, 1.807) is 6.08 Å². The van der Waals surface area contributed by atoms with Crippen LogP contribution in [0.4, 0.5) is 0 Å². The summed E-state index contributed by atoms with van der Waals surface area (Å²) < 4.78 is -1.64. The summed E-state index contributed by atoms with van der Waals surface area (Å²) >= 11 is 10.9. The molecule has 2 nitrogen and oxygen atoms in total. The first-order valence-electron chi connectivity index (χ1n) is 3.23. The van der Waals surface area contributed by atoms with E-state index in [9.17, 15) is 4.79 Å². The van der Waals surface area contributed by atoms with Crippen molar-refractivity contribution in [2.45, 2.75) is 23.6 Å². The van der Waals surface area contributed by atoms with Gasteiger partial charge in [0, 0.05) is 0 Å². The summed E-state index contributed by atoms with van der Waals surface area (Å²) in [6, 6.07) is 0. The van der Waals surface area contributed by atoms with Crippen LogP contribution in [0.2, 0.25) is 0 Å². The fourth-order valence-electron chi connectivity index (χ4n) is 0.575. The normalized spacial score (nSPS) is 11.1. The van der Waals surface area contributed by atoms with Crippen molar-refractivity contribution in [1.29, 1.82) is 0 Å². The first-order valence-corrected chi connectivity index (χ1v) is 3.98. The van der Waals surface area contributed by atoms with Gasteiger partial charge in [-0.05, 0) is 19.3 Å². The molecule has 0 aromatic carbocycles. The minimum absolute atomic E-state index is 0.247. The summed E-state index contributed by atoms with van der Waals surface area (Å²) in [5.74, 6) is -1.19. The van der Waals surface area contributed by atoms with E-state index in [0.29, 0.717) is 6.42 Å². The maximum absolute atomic E-state index is 10.3. The highest BCUT2D eigenvalue weighted by atomic mass is 35.5. The Bertz CT molecular complexity index is 155. The van der Waals surface area contributed by atoms with E-state index in [-0.39, 0.29) is 6.42 Å². The van der Waals surface area contributed by atoms with Crippen molar-refractivity contribution in [3.05, 3.63) is 12.7 Å². The molecule has 4 heteroatoms. The molecule has 0 atom stereocenters. The molecule has 0 fully saturated rings. The molecule has 0 radical (unpaired) electrons. The van der Waals surface area contributed by atoms with E-state index in [4.69, 9.17) is 28.3 Å². The molecule has 1 N–H and O–H groups in total. The number of alkyl halides is 2. The Morgan fingerprint density at radius 1 is 1.64 bits per heavy atom. The summed E-state index contributed by atoms with van der Waals surface area (Å²) in [7, 11) is 0. The Labute approximate surface area is 75.8 Å². The molecule has 0 rings (SSSR count). The number of carboxylic acid groups (broad SMARTS) is 1. The van der Waals surface area contributed by atoms with Crippen LogP contribution >= 0.6 is 23.2 Å². The highest BCUT2D eigenvalue weighted by Gasteiger charge is 2.32. The molecule has 11 heavy (non-hydrogen) atoms. The predicted octanol–water partition coefficient (Wildman–Crippen LogP) is 2.60. The van der Waals surface area contributed by atoms with Crippen molar-refractivity contribution in [1.82, 2.24) is 0 Å². The zero-order valence-electron chi connectivity index (χ0n) is 6.02. The number of rotatable bonds is 5. The monoisotopic (exact) mass is 196 g/mol. The molecular weight excluding hydrogens is 187 g/mol. The second-order valence-electron chi connectivity index (χ2n) is 2.19. The number of unbranched alkanes of at least 4 members (excludes halogenated alkanes) is 1. The van der Waals surface area contributed by atoms with Crippen LogP contribution in [0.15, 0.2) is 12.7 Å². The van der Waals surface area contributed by atoms with Crippen LogP contribution in [0.25, 0.3) is 0 Å². The number of allylic oxidation sites excluding steroid dienone is 1. The highest BCUT2D eigenvalue weighted by Crippen LogP contribution is 2.27. The van der Waals surface area contributed by atoms with E-state index in [2.05, 4.69) is 6.58 Å². The third-order valence-corrected chi connectivity index (χ3v) is 1.91. The van der Waals surface area contributed by atoms with Crippen LogP contribution in [-0.4, -0.2) is 15.4 Å². The minimum atomic E-state index is -1.64. The number of aliphatic carboxylic acids is 1. The van der Waals surface area contributed by atoms with Crippen LogP contribution in [0.3, 0.4) is 0 Å². The first kappa shape index (κ1) is 10.8. The highest BCUT2D eigenvalue weighted by molar-refractivity contribution is 6.57. The quantitative estimate of drug-likeness (QED) is 0.417. The smallest absolute Gasteiger partial charge is 0.340 e. The van der Waals surface area contributed by atoms with E-state index in [0.717, 1.165) is 6.42 Å². The maximum Gasteiger partial charge on any atom is 0.340 e. The van der Waals surface area contributed by atoms with E-state index in [1.807, 2.05) is 0 Å². The van der Waals surface area contributed by atoms with Crippen LogP contribution in [0.5, 0.6) is 0 Å². The molecular formula is C7H10Cl2O2. The number of halogens is 2. The fourth-order valence-corrected chi connectivity index (χ4v) is 0.843. The second-order valence-corrected chi connectivity index (χ2v) is 3.67. The fraction of sp³-hybridized carbons (Fsp3) is 0.571. The molecule has 0 aliphatic carbocycles. The average molecular weight is 197 g/mol. The van der Waals surface area contributed by atoms with E-state index in [1.165, 1.54) is 0 Å². The lowest BCUT2D eigenvalue weighted by Crippen LogP contribution is -2.24. The van der Waals surface area contributed by atoms with Gasteiger partial charge in [0.1, 0.15) is 0 Å². The molecule has 0 saturated carbocycles. The number of hydrogen-bond donors (Lipinski definition) is 1. The zero-order valence-corrected chi connectivity index (χ0v) is 7.53. The van der Waals surface area contributed by atoms with Gasteiger partial charge in [0.05, 0.1) is 0 Å². The Morgan fingerprint density at radius 2 is 2.18 bits per heavy atom. The third kappa shape index (κ3) is 4.27. The molecule has 0 aliphatic rings. The van der Waals surface area contributed by atoms with Gasteiger partial charge in [0.2, 0.25) is 4.33 Å². The molecule has 0 aliphatic heterocycles. The van der Waals surface area contributed by atoms with Gasteiger partial charge < -0.3 is 5.11 Å². The maximum atomic E-state index is 10.3. The molecule has 0 spiro atoms. The molecule has 64 valence electrons. The summed E-state index contributed by atoms with van der Waals surface area (Å²) in [5, 5.41) is 8.45. The lowest BCUT2D eigenvalue weighted by atomic mass is 10.2. The molecule has 0 bridgehead atoms. The lowest BCUT2D eigenvalue weighted by molar-refractivity contribution is -0.137. The molecule has 0 aromatic rings. The molecule has 0 amide bonds. The first-order chi connectivity index (χ1) is 5.00. The van der Waals surface area contributed by atoms with Crippen LogP contribution < -0.4 is 0 Å². The standard InChI is InChI=1S/C7H10Cl2O2/c1-2-3-4-5-7(8,9)6(10)11/h2H,1,3-5H2,(H,10,11). The number of carbonyl (C=O) groups is 1. The molecule has 0 aromatic heterocycles. The largest absolute Gasteiger partial charge is 0.479 e. The molecule has 0 unspecified atom stereocenters. The number of carboxylic acids is 1. The van der Waals surface area contributed by atoms with Gasteiger partial charge in [-0.25, -0.2) is 4.79 Å². The van der Waals surface area contributed by atoms with Gasteiger partial charge >= 0.3 is 5.97 Å². The van der Waals surface area contributed by atoms with Crippen LogP contribution in [0.1, 0.15) is 19.3 Å². The third-order valence-electron chi connectivity index (χ3n) is 1.21. The Balaban J connectivity index is 3.72. The van der Waals surface area contributed by atoms with Crippen molar-refractivity contribution in [3.8, 4) is 0 Å². The minimum Gasteiger partial charge on any atom is -0.479 e. The van der Waals surface area contributed by atoms with Gasteiger partial charge in [-0.15, -0.1) is 6.58 Å². The SMILES string of the molecule is C=CCCCC(Cl)(Cl)C(=O)O. The van der Waals surface area contributed by atoms with Crippen LogP contribution in [0, 0.1) is 0 Å². The van der Waals surface area contributed by atoms with Crippen molar-refractivity contribution in [2.75, 3.05) is 0 Å². The predicted molar refractivity (Wildman–Crippen MR) is 46.1 cm³/mol. The van der Waals surface area contributed by atoms with Gasteiger partial charge in [-0.2, -0.15) is 0 Å². The Kier molecular flexibility index (Phi) is 4.54. The summed E-state index contributed by atoms with van der Waals surface area (Å²) in [6.45, 7) is 3.49. The van der Waals surface area contributed by atoms with Gasteiger partial charge in [-0.3, -0.25) is 0 Å². The molecule has 0 heterocycles. The van der Waals surface area contributed by atoms with Crippen molar-refractivity contribution in [2.24, 2.45) is 0 Å². The summed E-state index contributed by atoms with van der Waals surface area (Å²) in [6.07, 6.45) is 3.32. The van der Waals surface area contributed by atoms with Crippen molar-refractivity contribution < 1.29 is 9.90 Å². The summed E-state index contributed by atoms with van der Waals surface area (Å²) in [4.78, 5) is 10.3. The van der Waals surface area contributed by atoms with Gasteiger partial charge in [-0.1, -0.05) is 29.3 Å². The van der Waals surface area contributed by atoms with Crippen molar-refractivity contribution >= 4 is 29.2 Å². The number of hydrogen-bond acceptors (Lipinski definition) is 1. The summed E-state index contributed by atoms with van der Waals surface area (Å²) in [5.41, 5.74) is 0. The molecule has 0 saturated heterocycles. The average Bonchev–Trinajstić information content (AvgIpc) is 1.88. The van der Waals surface area contributed by atoms with Gasteiger partial charge in [0.15, 0.2) is 0 Å². The van der Waals surface area contributed by atoms with Gasteiger partial charge in [0.25, 0.3) is 0 Å². The van der Waals surface area contributed by atoms with E-state index < -0.39 is 10.3 Å². The Morgan fingerprint density at radius 3 is 2.55 bits per heavy atom. The van der Waals surface area contributed by atoms with Crippen molar-refractivity contribution in [3.63, 3.8) is 0 Å². The lowest BCUT2D eigenvalue weighted by Gasteiger charge is -2.12. The Hall–Kier alpha value is -0.210. The zero-order chi connectivity index (χ0) is 8.91. The topological polar surface area (TPSA) is 37.3 Å².